The highest BCUT2D eigenvalue weighted by Crippen LogP contribution is 2.37. The van der Waals surface area contributed by atoms with E-state index >= 15 is 0 Å². The third-order valence-corrected chi connectivity index (χ3v) is 4.47. The second kappa shape index (κ2) is 4.75. The summed E-state index contributed by atoms with van der Waals surface area (Å²) in [6, 6.07) is 5.94. The first kappa shape index (κ1) is 12.7. The number of ether oxygens (including phenoxy) is 2. The van der Waals surface area contributed by atoms with Gasteiger partial charge in [-0.2, -0.15) is 0 Å². The molecule has 4 rings (SSSR count). The van der Waals surface area contributed by atoms with Gasteiger partial charge in [-0.3, -0.25) is 4.40 Å². The molecule has 108 valence electrons. The number of rotatable bonds is 3. The lowest BCUT2D eigenvalue weighted by Crippen LogP contribution is -2.05. The summed E-state index contributed by atoms with van der Waals surface area (Å²) in [7, 11) is 0. The number of imidazole rings is 1. The molecule has 0 fully saturated rings. The van der Waals surface area contributed by atoms with E-state index in [1.54, 1.807) is 11.3 Å². The van der Waals surface area contributed by atoms with Crippen LogP contribution in [-0.4, -0.2) is 22.7 Å². The normalized spacial score (nSPS) is 13.2. The van der Waals surface area contributed by atoms with E-state index in [0.717, 1.165) is 39.8 Å². The molecule has 3 aromatic rings. The van der Waals surface area contributed by atoms with Gasteiger partial charge in [0, 0.05) is 23.1 Å². The van der Waals surface area contributed by atoms with Crippen LogP contribution < -0.4 is 15.2 Å². The minimum atomic E-state index is 0.284. The van der Waals surface area contributed by atoms with E-state index in [-0.39, 0.29) is 6.79 Å². The third-order valence-electron chi connectivity index (χ3n) is 3.57. The fourth-order valence-corrected chi connectivity index (χ4v) is 3.50. The Labute approximate surface area is 125 Å². The Hall–Kier alpha value is -2.05. The van der Waals surface area contributed by atoms with Crippen LogP contribution in [0.2, 0.25) is 0 Å². The summed E-state index contributed by atoms with van der Waals surface area (Å²) >= 11 is 1.69. The highest BCUT2D eigenvalue weighted by atomic mass is 32.1. The van der Waals surface area contributed by atoms with Gasteiger partial charge in [-0.05, 0) is 31.7 Å². The van der Waals surface area contributed by atoms with Gasteiger partial charge in [0.05, 0.1) is 11.4 Å². The molecule has 0 aliphatic carbocycles. The van der Waals surface area contributed by atoms with Crippen LogP contribution in [0, 0.1) is 6.92 Å². The van der Waals surface area contributed by atoms with E-state index in [4.69, 9.17) is 20.2 Å². The molecule has 0 atom stereocenters. The molecule has 2 N–H and O–H groups in total. The molecule has 21 heavy (non-hydrogen) atoms. The smallest absolute Gasteiger partial charge is 0.231 e. The highest BCUT2D eigenvalue weighted by Gasteiger charge is 2.19. The molecule has 6 heteroatoms. The number of aromatic nitrogens is 2. The molecule has 0 amide bonds. The zero-order chi connectivity index (χ0) is 14.4. The van der Waals surface area contributed by atoms with Gasteiger partial charge in [0.1, 0.15) is 0 Å². The number of nitrogens with two attached hydrogens (primary N) is 1. The van der Waals surface area contributed by atoms with Crippen LogP contribution in [-0.2, 0) is 6.42 Å². The van der Waals surface area contributed by atoms with Gasteiger partial charge in [0.15, 0.2) is 16.5 Å². The molecule has 1 aliphatic heterocycles. The number of hydrogen-bond acceptors (Lipinski definition) is 5. The van der Waals surface area contributed by atoms with Crippen LogP contribution in [0.25, 0.3) is 16.2 Å². The number of hydrogen-bond donors (Lipinski definition) is 1. The molecular formula is C15H15N3O2S. The fourth-order valence-electron chi connectivity index (χ4n) is 2.65. The Morgan fingerprint density at radius 1 is 1.33 bits per heavy atom. The van der Waals surface area contributed by atoms with Crippen molar-refractivity contribution in [2.24, 2.45) is 5.73 Å². The van der Waals surface area contributed by atoms with Gasteiger partial charge < -0.3 is 15.2 Å². The van der Waals surface area contributed by atoms with Crippen LogP contribution in [0.4, 0.5) is 0 Å². The average Bonchev–Trinajstić information content (AvgIpc) is 3.14. The Bertz CT molecular complexity index is 822. The van der Waals surface area contributed by atoms with Crippen molar-refractivity contribution in [2.75, 3.05) is 13.3 Å². The second-order valence-corrected chi connectivity index (χ2v) is 6.22. The van der Waals surface area contributed by atoms with Gasteiger partial charge in [0.25, 0.3) is 0 Å². The van der Waals surface area contributed by atoms with E-state index in [9.17, 15) is 0 Å². The molecule has 0 unspecified atom stereocenters. The Balaban J connectivity index is 1.88. The average molecular weight is 301 g/mol. The van der Waals surface area contributed by atoms with Crippen molar-refractivity contribution >= 4 is 16.3 Å². The molecule has 2 aromatic heterocycles. The summed E-state index contributed by atoms with van der Waals surface area (Å²) < 4.78 is 13.0. The Morgan fingerprint density at radius 2 is 2.19 bits per heavy atom. The van der Waals surface area contributed by atoms with Crippen LogP contribution >= 0.6 is 11.3 Å². The lowest BCUT2D eigenvalue weighted by atomic mass is 10.1. The monoisotopic (exact) mass is 301 g/mol. The molecule has 5 nitrogen and oxygen atoms in total. The summed E-state index contributed by atoms with van der Waals surface area (Å²) in [6.07, 6.45) is 2.91. The van der Waals surface area contributed by atoms with Crippen molar-refractivity contribution in [3.05, 3.63) is 35.0 Å². The molecule has 0 spiro atoms. The molecule has 3 heterocycles. The van der Waals surface area contributed by atoms with E-state index in [1.165, 1.54) is 4.88 Å². The number of nitrogens with zero attached hydrogens (tertiary/aromatic N) is 2. The van der Waals surface area contributed by atoms with E-state index in [2.05, 4.69) is 17.5 Å². The van der Waals surface area contributed by atoms with Crippen LogP contribution in [0.1, 0.15) is 10.6 Å². The molecular weight excluding hydrogens is 286 g/mol. The van der Waals surface area contributed by atoms with Gasteiger partial charge in [0.2, 0.25) is 6.79 Å². The summed E-state index contributed by atoms with van der Waals surface area (Å²) in [5.74, 6) is 1.56. The molecule has 0 saturated heterocycles. The SMILES string of the molecule is Cc1cn2c(CCN)c(-c3ccc4c(c3)OCO4)nc2s1. The van der Waals surface area contributed by atoms with Crippen LogP contribution in [0.3, 0.4) is 0 Å². The Kier molecular flexibility index (Phi) is 2.87. The zero-order valence-electron chi connectivity index (χ0n) is 11.6. The van der Waals surface area contributed by atoms with Crippen molar-refractivity contribution in [3.63, 3.8) is 0 Å². The van der Waals surface area contributed by atoms with E-state index < -0.39 is 0 Å². The van der Waals surface area contributed by atoms with E-state index in [1.807, 2.05) is 18.2 Å². The standard InChI is InChI=1S/C15H15N3O2S/c1-9-7-18-11(4-5-16)14(17-15(18)21-9)10-2-3-12-13(6-10)20-8-19-12/h2-3,6-7H,4-5,8,16H2,1H3. The maximum absolute atomic E-state index is 5.77. The molecule has 1 aliphatic rings. The number of aryl methyl sites for hydroxylation is 1. The summed E-state index contributed by atoms with van der Waals surface area (Å²) in [5, 5.41) is 0. The van der Waals surface area contributed by atoms with Gasteiger partial charge >= 0.3 is 0 Å². The van der Waals surface area contributed by atoms with Crippen molar-refractivity contribution < 1.29 is 9.47 Å². The maximum atomic E-state index is 5.77. The van der Waals surface area contributed by atoms with Gasteiger partial charge in [-0.15, -0.1) is 11.3 Å². The topological polar surface area (TPSA) is 61.8 Å². The lowest BCUT2D eigenvalue weighted by molar-refractivity contribution is 0.174. The minimum Gasteiger partial charge on any atom is -0.454 e. The first-order valence-corrected chi connectivity index (χ1v) is 7.65. The quantitative estimate of drug-likeness (QED) is 0.808. The number of benzene rings is 1. The predicted octanol–water partition coefficient (Wildman–Crippen LogP) is 2.60. The van der Waals surface area contributed by atoms with Crippen molar-refractivity contribution in [2.45, 2.75) is 13.3 Å². The molecule has 1 aromatic carbocycles. The Morgan fingerprint density at radius 3 is 3.05 bits per heavy atom. The highest BCUT2D eigenvalue weighted by molar-refractivity contribution is 7.17. The number of thiazole rings is 1. The zero-order valence-corrected chi connectivity index (χ0v) is 12.4. The largest absolute Gasteiger partial charge is 0.454 e. The van der Waals surface area contributed by atoms with E-state index in [0.29, 0.717) is 6.54 Å². The lowest BCUT2D eigenvalue weighted by Gasteiger charge is -2.04. The van der Waals surface area contributed by atoms with Crippen LogP contribution in [0.5, 0.6) is 11.5 Å². The summed E-state index contributed by atoms with van der Waals surface area (Å²) in [5.41, 5.74) is 8.94. The molecule has 0 bridgehead atoms. The second-order valence-electron chi connectivity index (χ2n) is 5.01. The molecule has 0 saturated carbocycles. The first-order valence-electron chi connectivity index (χ1n) is 6.83. The maximum Gasteiger partial charge on any atom is 0.231 e. The number of fused-ring (bicyclic) bond motifs is 2. The van der Waals surface area contributed by atoms with Crippen LogP contribution in [0.15, 0.2) is 24.4 Å². The van der Waals surface area contributed by atoms with Crippen molar-refractivity contribution in [1.29, 1.82) is 0 Å². The third kappa shape index (κ3) is 1.99. The minimum absolute atomic E-state index is 0.284. The first-order chi connectivity index (χ1) is 10.3. The summed E-state index contributed by atoms with van der Waals surface area (Å²) in [6.45, 7) is 2.97. The van der Waals surface area contributed by atoms with Crippen molar-refractivity contribution in [3.8, 4) is 22.8 Å². The van der Waals surface area contributed by atoms with Gasteiger partial charge in [-0.1, -0.05) is 0 Å². The fraction of sp³-hybridized carbons (Fsp3) is 0.267. The van der Waals surface area contributed by atoms with Crippen molar-refractivity contribution in [1.82, 2.24) is 9.38 Å². The summed E-state index contributed by atoms with van der Waals surface area (Å²) in [4.78, 5) is 7.02. The van der Waals surface area contributed by atoms with Gasteiger partial charge in [-0.25, -0.2) is 4.98 Å². The molecule has 0 radical (unpaired) electrons. The predicted molar refractivity (Wildman–Crippen MR) is 82.1 cm³/mol.